The molecule has 19 heavy (non-hydrogen) atoms. The highest BCUT2D eigenvalue weighted by Gasteiger charge is 2.28. The molecule has 102 valence electrons. The molecule has 1 fully saturated rings. The molecule has 2 rings (SSSR count). The lowest BCUT2D eigenvalue weighted by atomic mass is 10.0. The van der Waals surface area contributed by atoms with Gasteiger partial charge in [0.15, 0.2) is 0 Å². The van der Waals surface area contributed by atoms with Crippen LogP contribution in [0.3, 0.4) is 0 Å². The number of hydrogen-bond acceptors (Lipinski definition) is 2. The Bertz CT molecular complexity index is 461. The number of benzene rings is 1. The molecule has 1 unspecified atom stereocenters. The van der Waals surface area contributed by atoms with Gasteiger partial charge in [0.25, 0.3) is 0 Å². The van der Waals surface area contributed by atoms with E-state index in [4.69, 9.17) is 11.6 Å². The van der Waals surface area contributed by atoms with Gasteiger partial charge < -0.3 is 5.32 Å². The predicted molar refractivity (Wildman–Crippen MR) is 78.2 cm³/mol. The highest BCUT2D eigenvalue weighted by molar-refractivity contribution is 6.31. The third-order valence-electron chi connectivity index (χ3n) is 3.42. The molecule has 0 saturated carbocycles. The Hall–Kier alpha value is -1.32. The monoisotopic (exact) mass is 278 g/mol. The van der Waals surface area contributed by atoms with Gasteiger partial charge in [0.1, 0.15) is 0 Å². The minimum atomic E-state index is 0.0406. The topological polar surface area (TPSA) is 32.3 Å². The van der Waals surface area contributed by atoms with Crippen molar-refractivity contribution in [1.82, 2.24) is 10.2 Å². The smallest absolute Gasteiger partial charge is 0.234 e. The second kappa shape index (κ2) is 6.73. The number of nitrogens with one attached hydrogen (secondary N) is 1. The van der Waals surface area contributed by atoms with Crippen LogP contribution < -0.4 is 5.32 Å². The van der Waals surface area contributed by atoms with Gasteiger partial charge in [-0.1, -0.05) is 35.9 Å². The van der Waals surface area contributed by atoms with E-state index < -0.39 is 0 Å². The van der Waals surface area contributed by atoms with E-state index in [0.29, 0.717) is 13.1 Å². The zero-order valence-corrected chi connectivity index (χ0v) is 11.7. The summed E-state index contributed by atoms with van der Waals surface area (Å²) in [6.45, 7) is 5.47. The lowest BCUT2D eigenvalue weighted by molar-refractivity contribution is -0.122. The summed E-state index contributed by atoms with van der Waals surface area (Å²) in [5, 5.41) is 3.60. The molecule has 1 atom stereocenters. The minimum Gasteiger partial charge on any atom is -0.352 e. The number of hydrogen-bond donors (Lipinski definition) is 1. The van der Waals surface area contributed by atoms with Gasteiger partial charge in [-0.2, -0.15) is 0 Å². The first kappa shape index (κ1) is 14.1. The Morgan fingerprint density at radius 2 is 2.32 bits per heavy atom. The summed E-state index contributed by atoms with van der Waals surface area (Å²) in [4.78, 5) is 14.0. The van der Waals surface area contributed by atoms with E-state index >= 15 is 0 Å². The lowest BCUT2D eigenvalue weighted by Gasteiger charge is -2.24. The SMILES string of the molecule is C=CCNC(=O)CN1CCCC1c1ccccc1Cl. The third kappa shape index (κ3) is 3.58. The quantitative estimate of drug-likeness (QED) is 0.840. The first-order valence-corrected chi connectivity index (χ1v) is 6.96. The van der Waals surface area contributed by atoms with Crippen molar-refractivity contribution in [3.63, 3.8) is 0 Å². The van der Waals surface area contributed by atoms with Crippen LogP contribution in [0.25, 0.3) is 0 Å². The number of amides is 1. The molecule has 1 aromatic rings. The number of carbonyl (C=O) groups excluding carboxylic acids is 1. The van der Waals surface area contributed by atoms with E-state index in [1.54, 1.807) is 6.08 Å². The summed E-state index contributed by atoms with van der Waals surface area (Å²) in [6.07, 6.45) is 3.84. The van der Waals surface area contributed by atoms with Gasteiger partial charge in [-0.25, -0.2) is 0 Å². The number of likely N-dealkylation sites (tertiary alicyclic amines) is 1. The van der Waals surface area contributed by atoms with Crippen molar-refractivity contribution in [1.29, 1.82) is 0 Å². The minimum absolute atomic E-state index is 0.0406. The molecule has 0 spiro atoms. The molecule has 1 aromatic carbocycles. The summed E-state index contributed by atoms with van der Waals surface area (Å²) in [6, 6.07) is 8.14. The van der Waals surface area contributed by atoms with E-state index in [1.807, 2.05) is 24.3 Å². The van der Waals surface area contributed by atoms with Crippen LogP contribution in [0.4, 0.5) is 0 Å². The fourth-order valence-electron chi connectivity index (χ4n) is 2.54. The number of halogens is 1. The molecular weight excluding hydrogens is 260 g/mol. The van der Waals surface area contributed by atoms with E-state index in [9.17, 15) is 4.79 Å². The number of rotatable bonds is 5. The van der Waals surface area contributed by atoms with Crippen LogP contribution in [0.2, 0.25) is 5.02 Å². The molecule has 1 saturated heterocycles. The maximum Gasteiger partial charge on any atom is 0.234 e. The first-order chi connectivity index (χ1) is 9.22. The van der Waals surface area contributed by atoms with Crippen LogP contribution in [-0.4, -0.2) is 30.4 Å². The maximum atomic E-state index is 11.8. The fourth-order valence-corrected chi connectivity index (χ4v) is 2.80. The lowest BCUT2D eigenvalue weighted by Crippen LogP contribution is -2.37. The van der Waals surface area contributed by atoms with E-state index in [0.717, 1.165) is 30.0 Å². The van der Waals surface area contributed by atoms with Gasteiger partial charge in [-0.05, 0) is 31.0 Å². The molecule has 1 aliphatic rings. The van der Waals surface area contributed by atoms with Crippen molar-refractivity contribution in [2.75, 3.05) is 19.6 Å². The highest BCUT2D eigenvalue weighted by atomic mass is 35.5. The molecule has 0 radical (unpaired) electrons. The van der Waals surface area contributed by atoms with Crippen LogP contribution in [0.15, 0.2) is 36.9 Å². The predicted octanol–water partition coefficient (Wildman–Crippen LogP) is 2.78. The average molecular weight is 279 g/mol. The zero-order valence-electron chi connectivity index (χ0n) is 10.9. The zero-order chi connectivity index (χ0) is 13.7. The van der Waals surface area contributed by atoms with E-state index in [2.05, 4.69) is 16.8 Å². The first-order valence-electron chi connectivity index (χ1n) is 6.58. The number of nitrogens with zero attached hydrogens (tertiary/aromatic N) is 1. The van der Waals surface area contributed by atoms with Gasteiger partial charge in [0.05, 0.1) is 6.54 Å². The van der Waals surface area contributed by atoms with Gasteiger partial charge in [0.2, 0.25) is 5.91 Å². The Balaban J connectivity index is 2.03. The summed E-state index contributed by atoms with van der Waals surface area (Å²) in [7, 11) is 0. The normalized spacial score (nSPS) is 19.3. The molecular formula is C15H19ClN2O. The second-order valence-corrected chi connectivity index (χ2v) is 5.15. The van der Waals surface area contributed by atoms with Crippen LogP contribution >= 0.6 is 11.6 Å². The fraction of sp³-hybridized carbons (Fsp3) is 0.400. The molecule has 0 aliphatic carbocycles. The van der Waals surface area contributed by atoms with Gasteiger partial charge in [-0.15, -0.1) is 6.58 Å². The molecule has 1 heterocycles. The molecule has 1 N–H and O–H groups in total. The third-order valence-corrected chi connectivity index (χ3v) is 3.76. The molecule has 0 aromatic heterocycles. The van der Waals surface area contributed by atoms with E-state index in [-0.39, 0.29) is 11.9 Å². The maximum absolute atomic E-state index is 11.8. The summed E-state index contributed by atoms with van der Waals surface area (Å²) < 4.78 is 0. The van der Waals surface area contributed by atoms with Crippen molar-refractivity contribution in [3.8, 4) is 0 Å². The summed E-state index contributed by atoms with van der Waals surface area (Å²) >= 11 is 6.25. The largest absolute Gasteiger partial charge is 0.352 e. The van der Waals surface area contributed by atoms with Gasteiger partial charge in [-0.3, -0.25) is 9.69 Å². The van der Waals surface area contributed by atoms with Crippen molar-refractivity contribution in [3.05, 3.63) is 47.5 Å². The average Bonchev–Trinajstić information content (AvgIpc) is 2.85. The second-order valence-electron chi connectivity index (χ2n) is 4.74. The molecule has 1 aliphatic heterocycles. The Labute approximate surface area is 119 Å². The van der Waals surface area contributed by atoms with Crippen LogP contribution in [-0.2, 0) is 4.79 Å². The highest BCUT2D eigenvalue weighted by Crippen LogP contribution is 2.35. The van der Waals surface area contributed by atoms with Crippen molar-refractivity contribution >= 4 is 17.5 Å². The molecule has 3 nitrogen and oxygen atoms in total. The summed E-state index contributed by atoms with van der Waals surface area (Å²) in [5.41, 5.74) is 1.12. The van der Waals surface area contributed by atoms with Crippen LogP contribution in [0.1, 0.15) is 24.4 Å². The Morgan fingerprint density at radius 3 is 3.05 bits per heavy atom. The van der Waals surface area contributed by atoms with Crippen molar-refractivity contribution in [2.24, 2.45) is 0 Å². The van der Waals surface area contributed by atoms with Crippen molar-refractivity contribution in [2.45, 2.75) is 18.9 Å². The van der Waals surface area contributed by atoms with Crippen LogP contribution in [0, 0.1) is 0 Å². The van der Waals surface area contributed by atoms with Crippen molar-refractivity contribution < 1.29 is 4.79 Å². The molecule has 1 amide bonds. The van der Waals surface area contributed by atoms with Crippen LogP contribution in [0.5, 0.6) is 0 Å². The summed E-state index contributed by atoms with van der Waals surface area (Å²) in [5.74, 6) is 0.0406. The van der Waals surface area contributed by atoms with Gasteiger partial charge >= 0.3 is 0 Å². The Kier molecular flexibility index (Phi) is 5.00. The van der Waals surface area contributed by atoms with Gasteiger partial charge in [0, 0.05) is 17.6 Å². The molecule has 4 heteroatoms. The Morgan fingerprint density at radius 1 is 1.53 bits per heavy atom. The molecule has 0 bridgehead atoms. The standard InChI is InChI=1S/C15H19ClN2O/c1-2-9-17-15(19)11-18-10-5-8-14(18)12-6-3-4-7-13(12)16/h2-4,6-7,14H,1,5,8-11H2,(H,17,19). The number of carbonyl (C=O) groups is 1. The van der Waals surface area contributed by atoms with E-state index in [1.165, 1.54) is 0 Å².